The quantitative estimate of drug-likeness (QED) is 0.856. The van der Waals surface area contributed by atoms with Crippen molar-refractivity contribution in [2.24, 2.45) is 0 Å². The molecular weight excluding hydrogens is 246 g/mol. The number of hydrogen-bond donors (Lipinski definition) is 1. The molecule has 1 N–H and O–H groups in total. The Hall–Kier alpha value is -1.96. The molecule has 1 aliphatic rings. The maximum atomic E-state index is 6.07. The molecule has 1 heterocycles. The maximum absolute atomic E-state index is 6.07. The Morgan fingerprint density at radius 1 is 1.00 bits per heavy atom. The van der Waals surface area contributed by atoms with Gasteiger partial charge >= 0.3 is 0 Å². The van der Waals surface area contributed by atoms with E-state index in [1.54, 1.807) is 0 Å². The lowest BCUT2D eigenvalue weighted by molar-refractivity contribution is 0.118. The second-order valence-electron chi connectivity index (χ2n) is 6.12. The molecule has 2 aromatic rings. The first-order chi connectivity index (χ1) is 9.47. The Labute approximate surface area is 120 Å². The zero-order valence-corrected chi connectivity index (χ0v) is 12.5. The van der Waals surface area contributed by atoms with E-state index >= 15 is 0 Å². The highest BCUT2D eigenvalue weighted by atomic mass is 16.5. The predicted octanol–water partition coefficient (Wildman–Crippen LogP) is 4.63. The average molecular weight is 267 g/mol. The van der Waals surface area contributed by atoms with Crippen molar-refractivity contribution in [3.05, 3.63) is 59.2 Å². The lowest BCUT2D eigenvalue weighted by atomic mass is 9.94. The third-order valence-corrected chi connectivity index (χ3v) is 4.12. The largest absolute Gasteiger partial charge is 0.485 e. The summed E-state index contributed by atoms with van der Waals surface area (Å²) in [6.45, 7) is 8.54. The van der Waals surface area contributed by atoms with Crippen LogP contribution < -0.4 is 10.1 Å². The van der Waals surface area contributed by atoms with Crippen LogP contribution in [0.3, 0.4) is 0 Å². The van der Waals surface area contributed by atoms with Crippen molar-refractivity contribution in [2.75, 3.05) is 5.32 Å². The van der Waals surface area contributed by atoms with Crippen LogP contribution in [0.2, 0.25) is 0 Å². The summed E-state index contributed by atoms with van der Waals surface area (Å²) in [6.07, 6.45) is 0. The van der Waals surface area contributed by atoms with Gasteiger partial charge in [0.25, 0.3) is 0 Å². The van der Waals surface area contributed by atoms with Gasteiger partial charge in [-0.15, -0.1) is 0 Å². The van der Waals surface area contributed by atoms with Crippen molar-refractivity contribution in [1.82, 2.24) is 0 Å². The lowest BCUT2D eigenvalue weighted by Gasteiger charge is -2.28. The van der Waals surface area contributed by atoms with E-state index in [-0.39, 0.29) is 11.6 Å². The Bertz CT molecular complexity index is 646. The molecule has 3 rings (SSSR count). The molecule has 1 unspecified atom stereocenters. The van der Waals surface area contributed by atoms with Crippen molar-refractivity contribution in [2.45, 2.75) is 39.3 Å². The van der Waals surface area contributed by atoms with Gasteiger partial charge in [-0.3, -0.25) is 0 Å². The lowest BCUT2D eigenvalue weighted by Crippen LogP contribution is -2.34. The van der Waals surface area contributed by atoms with Gasteiger partial charge in [-0.25, -0.2) is 0 Å². The van der Waals surface area contributed by atoms with E-state index in [0.717, 1.165) is 11.4 Å². The van der Waals surface area contributed by atoms with Crippen molar-refractivity contribution >= 4 is 5.69 Å². The molecule has 0 saturated carbocycles. The smallest absolute Gasteiger partial charge is 0.128 e. The van der Waals surface area contributed by atoms with Gasteiger partial charge in [-0.1, -0.05) is 24.3 Å². The zero-order valence-electron chi connectivity index (χ0n) is 12.5. The molecule has 0 fully saturated rings. The minimum Gasteiger partial charge on any atom is -0.485 e. The van der Waals surface area contributed by atoms with Crippen LogP contribution >= 0.6 is 0 Å². The molecule has 0 amide bonds. The summed E-state index contributed by atoms with van der Waals surface area (Å²) in [4.78, 5) is 0. The van der Waals surface area contributed by atoms with Crippen LogP contribution in [0, 0.1) is 13.8 Å². The van der Waals surface area contributed by atoms with Gasteiger partial charge in [-0.05, 0) is 57.0 Å². The van der Waals surface area contributed by atoms with Crippen molar-refractivity contribution < 1.29 is 4.74 Å². The number of hydrogen-bond acceptors (Lipinski definition) is 2. The van der Waals surface area contributed by atoms with Crippen molar-refractivity contribution in [1.29, 1.82) is 0 Å². The summed E-state index contributed by atoms with van der Waals surface area (Å²) in [5, 5.41) is 3.63. The van der Waals surface area contributed by atoms with Gasteiger partial charge in [0.15, 0.2) is 0 Å². The zero-order chi connectivity index (χ0) is 14.3. The average Bonchev–Trinajstić information content (AvgIpc) is 2.65. The Kier molecular flexibility index (Phi) is 2.97. The number of aryl methyl sites for hydroxylation is 2. The fourth-order valence-corrected chi connectivity index (χ4v) is 2.78. The van der Waals surface area contributed by atoms with E-state index in [1.165, 1.54) is 16.7 Å². The molecule has 0 saturated heterocycles. The summed E-state index contributed by atoms with van der Waals surface area (Å²) in [6, 6.07) is 14.9. The summed E-state index contributed by atoms with van der Waals surface area (Å²) in [7, 11) is 0. The SMILES string of the molecule is Cc1ccc(NC2c3ccccc3OC2(C)C)cc1C. The van der Waals surface area contributed by atoms with Gasteiger partial charge < -0.3 is 10.1 Å². The molecule has 1 atom stereocenters. The second kappa shape index (κ2) is 4.55. The Morgan fingerprint density at radius 2 is 1.75 bits per heavy atom. The maximum Gasteiger partial charge on any atom is 0.128 e. The van der Waals surface area contributed by atoms with Gasteiger partial charge in [0.2, 0.25) is 0 Å². The number of para-hydroxylation sites is 1. The van der Waals surface area contributed by atoms with Crippen LogP contribution in [-0.4, -0.2) is 5.60 Å². The molecular formula is C18H21NO. The van der Waals surface area contributed by atoms with E-state index in [1.807, 2.05) is 12.1 Å². The number of fused-ring (bicyclic) bond motifs is 1. The fourth-order valence-electron chi connectivity index (χ4n) is 2.78. The van der Waals surface area contributed by atoms with Gasteiger partial charge in [0.1, 0.15) is 11.4 Å². The molecule has 0 aliphatic carbocycles. The first kappa shape index (κ1) is 13.0. The second-order valence-corrected chi connectivity index (χ2v) is 6.12. The van der Waals surface area contributed by atoms with E-state index in [0.29, 0.717) is 0 Å². The first-order valence-electron chi connectivity index (χ1n) is 7.09. The number of nitrogens with one attached hydrogen (secondary N) is 1. The van der Waals surface area contributed by atoms with E-state index in [2.05, 4.69) is 63.3 Å². The fraction of sp³-hybridized carbons (Fsp3) is 0.333. The Balaban J connectivity index is 1.94. The Morgan fingerprint density at radius 3 is 2.50 bits per heavy atom. The monoisotopic (exact) mass is 267 g/mol. The van der Waals surface area contributed by atoms with Crippen LogP contribution in [0.25, 0.3) is 0 Å². The van der Waals surface area contributed by atoms with Crippen LogP contribution in [0.4, 0.5) is 5.69 Å². The molecule has 20 heavy (non-hydrogen) atoms. The summed E-state index contributed by atoms with van der Waals surface area (Å²) in [5.74, 6) is 0.985. The molecule has 0 radical (unpaired) electrons. The normalized spacial score (nSPS) is 19.3. The summed E-state index contributed by atoms with van der Waals surface area (Å²) in [5.41, 5.74) is 4.75. The highest BCUT2D eigenvalue weighted by Crippen LogP contribution is 2.44. The molecule has 0 spiro atoms. The topological polar surface area (TPSA) is 21.3 Å². The molecule has 1 aliphatic heterocycles. The summed E-state index contributed by atoms with van der Waals surface area (Å²) < 4.78 is 6.07. The highest BCUT2D eigenvalue weighted by molar-refractivity contribution is 5.53. The van der Waals surface area contributed by atoms with Crippen molar-refractivity contribution in [3.63, 3.8) is 0 Å². The molecule has 0 aromatic heterocycles. The van der Waals surface area contributed by atoms with E-state index < -0.39 is 0 Å². The highest BCUT2D eigenvalue weighted by Gasteiger charge is 2.40. The van der Waals surface area contributed by atoms with Gasteiger partial charge in [-0.2, -0.15) is 0 Å². The minimum absolute atomic E-state index is 0.167. The summed E-state index contributed by atoms with van der Waals surface area (Å²) >= 11 is 0. The van der Waals surface area contributed by atoms with Gasteiger partial charge in [0.05, 0.1) is 6.04 Å². The molecule has 2 heteroatoms. The third-order valence-electron chi connectivity index (χ3n) is 4.12. The van der Waals surface area contributed by atoms with Crippen LogP contribution in [0.15, 0.2) is 42.5 Å². The van der Waals surface area contributed by atoms with Crippen LogP contribution in [-0.2, 0) is 0 Å². The number of ether oxygens (including phenoxy) is 1. The number of rotatable bonds is 2. The molecule has 104 valence electrons. The van der Waals surface area contributed by atoms with Gasteiger partial charge in [0, 0.05) is 11.3 Å². The first-order valence-corrected chi connectivity index (χ1v) is 7.09. The van der Waals surface area contributed by atoms with E-state index in [4.69, 9.17) is 4.74 Å². The molecule has 0 bridgehead atoms. The number of anilines is 1. The standard InChI is InChI=1S/C18H21NO/c1-12-9-10-14(11-13(12)2)19-17-15-7-5-6-8-16(15)20-18(17,3)4/h5-11,17,19H,1-4H3. The third kappa shape index (κ3) is 2.15. The van der Waals surface area contributed by atoms with Crippen LogP contribution in [0.1, 0.15) is 36.6 Å². The number of benzene rings is 2. The van der Waals surface area contributed by atoms with Crippen LogP contribution in [0.5, 0.6) is 5.75 Å². The minimum atomic E-state index is -0.248. The molecule has 2 nitrogen and oxygen atoms in total. The van der Waals surface area contributed by atoms with E-state index in [9.17, 15) is 0 Å². The predicted molar refractivity (Wildman–Crippen MR) is 83.4 cm³/mol. The molecule has 2 aromatic carbocycles. The van der Waals surface area contributed by atoms with Crippen molar-refractivity contribution in [3.8, 4) is 5.75 Å².